The maximum atomic E-state index is 4.23. The predicted molar refractivity (Wildman–Crippen MR) is 58.2 cm³/mol. The second-order valence-corrected chi connectivity index (χ2v) is 3.19. The average molecular weight is 184 g/mol. The Kier molecular flexibility index (Phi) is 5.93. The van der Waals surface area contributed by atoms with E-state index in [1.807, 2.05) is 23.3 Å². The van der Waals surface area contributed by atoms with Crippen LogP contribution in [0.4, 0.5) is 0 Å². The van der Waals surface area contributed by atoms with Crippen LogP contribution in [0.3, 0.4) is 0 Å². The third-order valence-electron chi connectivity index (χ3n) is 1.78. The minimum Gasteiger partial charge on any atom is -0.366 e. The summed E-state index contributed by atoms with van der Waals surface area (Å²) in [5.41, 5.74) is 0. The van der Waals surface area contributed by atoms with Gasteiger partial charge in [0.1, 0.15) is 6.67 Å². The molecule has 0 heterocycles. The molecule has 0 aliphatic heterocycles. The summed E-state index contributed by atoms with van der Waals surface area (Å²) in [6.45, 7) is 11.2. The molecule has 0 bridgehead atoms. The Morgan fingerprint density at radius 1 is 1.46 bits per heavy atom. The van der Waals surface area contributed by atoms with E-state index in [0.29, 0.717) is 12.7 Å². The van der Waals surface area contributed by atoms with E-state index in [-0.39, 0.29) is 0 Å². The molecule has 4 nitrogen and oxygen atoms in total. The van der Waals surface area contributed by atoms with Crippen molar-refractivity contribution in [3.8, 4) is 0 Å². The first-order chi connectivity index (χ1) is 6.11. The highest BCUT2D eigenvalue weighted by atomic mass is 15.5. The van der Waals surface area contributed by atoms with Crippen LogP contribution in [0.5, 0.6) is 0 Å². The van der Waals surface area contributed by atoms with Gasteiger partial charge in [-0.15, -0.1) is 0 Å². The third kappa shape index (κ3) is 5.22. The Labute approximate surface area is 80.9 Å². The summed E-state index contributed by atoms with van der Waals surface area (Å²) in [6, 6.07) is 0.349. The van der Waals surface area contributed by atoms with Gasteiger partial charge in [-0.3, -0.25) is 10.0 Å². The van der Waals surface area contributed by atoms with Gasteiger partial charge < -0.3 is 4.90 Å². The molecule has 0 saturated carbocycles. The van der Waals surface area contributed by atoms with Gasteiger partial charge in [-0.25, -0.2) is 0 Å². The Hall–Kier alpha value is -1.06. The van der Waals surface area contributed by atoms with Crippen molar-refractivity contribution in [2.75, 3.05) is 20.3 Å². The SMILES string of the molecule is C=NN(CN=CN(C)CC)C(C)C. The lowest BCUT2D eigenvalue weighted by Gasteiger charge is -2.20. The monoisotopic (exact) mass is 184 g/mol. The first kappa shape index (κ1) is 11.9. The van der Waals surface area contributed by atoms with Crippen molar-refractivity contribution in [1.29, 1.82) is 0 Å². The van der Waals surface area contributed by atoms with E-state index in [4.69, 9.17) is 0 Å². The summed E-state index contributed by atoms with van der Waals surface area (Å²) >= 11 is 0. The van der Waals surface area contributed by atoms with Crippen LogP contribution in [0.2, 0.25) is 0 Å². The number of nitrogens with zero attached hydrogens (tertiary/aromatic N) is 4. The van der Waals surface area contributed by atoms with Crippen molar-refractivity contribution < 1.29 is 0 Å². The van der Waals surface area contributed by atoms with E-state index in [1.54, 1.807) is 0 Å². The van der Waals surface area contributed by atoms with Crippen LogP contribution in [0.25, 0.3) is 0 Å². The molecular weight excluding hydrogens is 164 g/mol. The fourth-order valence-corrected chi connectivity index (χ4v) is 0.713. The largest absolute Gasteiger partial charge is 0.366 e. The third-order valence-corrected chi connectivity index (χ3v) is 1.78. The van der Waals surface area contributed by atoms with E-state index in [1.165, 1.54) is 0 Å². The lowest BCUT2D eigenvalue weighted by atomic mass is 10.4. The summed E-state index contributed by atoms with van der Waals surface area (Å²) in [4.78, 5) is 6.24. The zero-order valence-corrected chi connectivity index (χ0v) is 9.06. The second-order valence-electron chi connectivity index (χ2n) is 3.19. The summed E-state index contributed by atoms with van der Waals surface area (Å²) in [7, 11) is 1.99. The highest BCUT2D eigenvalue weighted by Gasteiger charge is 2.01. The highest BCUT2D eigenvalue weighted by Crippen LogP contribution is 1.96. The van der Waals surface area contributed by atoms with Gasteiger partial charge in [-0.2, -0.15) is 5.10 Å². The molecule has 0 aromatic carbocycles. The Balaban J connectivity index is 3.84. The minimum atomic E-state index is 0.349. The Morgan fingerprint density at radius 3 is 2.46 bits per heavy atom. The summed E-state index contributed by atoms with van der Waals surface area (Å²) in [5.74, 6) is 0. The first-order valence-corrected chi connectivity index (χ1v) is 4.55. The molecular formula is C9H20N4. The fraction of sp³-hybridized carbons (Fsp3) is 0.778. The van der Waals surface area contributed by atoms with Gasteiger partial charge in [-0.1, -0.05) is 0 Å². The fourth-order valence-electron chi connectivity index (χ4n) is 0.713. The van der Waals surface area contributed by atoms with Crippen LogP contribution in [0.15, 0.2) is 10.1 Å². The maximum absolute atomic E-state index is 4.23. The van der Waals surface area contributed by atoms with Gasteiger partial charge in [0.05, 0.1) is 6.34 Å². The van der Waals surface area contributed by atoms with Crippen LogP contribution < -0.4 is 0 Å². The van der Waals surface area contributed by atoms with Crippen LogP contribution in [0.1, 0.15) is 20.8 Å². The lowest BCUT2D eigenvalue weighted by molar-refractivity contribution is 0.242. The van der Waals surface area contributed by atoms with E-state index in [2.05, 4.69) is 37.6 Å². The second kappa shape index (κ2) is 6.46. The number of aliphatic imine (C=N–C) groups is 1. The molecule has 0 saturated heterocycles. The minimum absolute atomic E-state index is 0.349. The predicted octanol–water partition coefficient (Wildman–Crippen LogP) is 1.25. The van der Waals surface area contributed by atoms with Gasteiger partial charge in [-0.05, 0) is 20.8 Å². The molecule has 0 aliphatic rings. The molecule has 0 amide bonds. The highest BCUT2D eigenvalue weighted by molar-refractivity contribution is 5.54. The topological polar surface area (TPSA) is 31.2 Å². The van der Waals surface area contributed by atoms with Crippen molar-refractivity contribution >= 4 is 13.1 Å². The van der Waals surface area contributed by atoms with Crippen LogP contribution in [-0.2, 0) is 0 Å². The molecule has 0 N–H and O–H groups in total. The summed E-state index contributed by atoms with van der Waals surface area (Å²) < 4.78 is 0. The Morgan fingerprint density at radius 2 is 2.08 bits per heavy atom. The van der Waals surface area contributed by atoms with Crippen molar-refractivity contribution in [3.63, 3.8) is 0 Å². The maximum Gasteiger partial charge on any atom is 0.128 e. The molecule has 4 heteroatoms. The Bertz CT molecular complexity index is 165. The number of hydrazone groups is 1. The molecule has 0 rings (SSSR count). The summed E-state index contributed by atoms with van der Waals surface area (Å²) in [5, 5.41) is 5.69. The van der Waals surface area contributed by atoms with Gasteiger partial charge in [0.2, 0.25) is 0 Å². The molecule has 0 unspecified atom stereocenters. The number of hydrogen-bond acceptors (Lipinski definition) is 3. The quantitative estimate of drug-likeness (QED) is 0.353. The molecule has 0 atom stereocenters. The van der Waals surface area contributed by atoms with E-state index in [0.717, 1.165) is 6.54 Å². The average Bonchev–Trinajstić information content (AvgIpc) is 2.11. The van der Waals surface area contributed by atoms with E-state index < -0.39 is 0 Å². The van der Waals surface area contributed by atoms with Crippen molar-refractivity contribution in [2.24, 2.45) is 10.1 Å². The van der Waals surface area contributed by atoms with Crippen LogP contribution in [0, 0.1) is 0 Å². The zero-order valence-electron chi connectivity index (χ0n) is 9.06. The van der Waals surface area contributed by atoms with E-state index >= 15 is 0 Å². The zero-order chi connectivity index (χ0) is 10.3. The molecule has 0 fully saturated rings. The van der Waals surface area contributed by atoms with Crippen molar-refractivity contribution in [3.05, 3.63) is 0 Å². The molecule has 0 radical (unpaired) electrons. The summed E-state index contributed by atoms with van der Waals surface area (Å²) in [6.07, 6.45) is 1.82. The van der Waals surface area contributed by atoms with Crippen molar-refractivity contribution in [2.45, 2.75) is 26.8 Å². The standard InChI is InChI=1S/C9H20N4/c1-6-12(5)7-11-8-13(10-4)9(2)3/h7,9H,4,6,8H2,1-3,5H3. The van der Waals surface area contributed by atoms with Crippen molar-refractivity contribution in [1.82, 2.24) is 9.91 Å². The van der Waals surface area contributed by atoms with E-state index in [9.17, 15) is 0 Å². The molecule has 0 spiro atoms. The van der Waals surface area contributed by atoms with Gasteiger partial charge in [0.15, 0.2) is 0 Å². The molecule has 0 aliphatic carbocycles. The first-order valence-electron chi connectivity index (χ1n) is 4.55. The normalized spacial score (nSPS) is 10.8. The van der Waals surface area contributed by atoms with Gasteiger partial charge in [0.25, 0.3) is 0 Å². The van der Waals surface area contributed by atoms with Gasteiger partial charge in [0, 0.05) is 26.4 Å². The molecule has 0 aromatic rings. The number of hydrogen-bond donors (Lipinski definition) is 0. The smallest absolute Gasteiger partial charge is 0.128 e. The molecule has 76 valence electrons. The molecule has 13 heavy (non-hydrogen) atoms. The van der Waals surface area contributed by atoms with Crippen LogP contribution >= 0.6 is 0 Å². The molecule has 0 aromatic heterocycles. The van der Waals surface area contributed by atoms with Crippen LogP contribution in [-0.4, -0.2) is 49.3 Å². The lowest BCUT2D eigenvalue weighted by Crippen LogP contribution is -2.26. The number of rotatable bonds is 6. The van der Waals surface area contributed by atoms with Gasteiger partial charge >= 0.3 is 0 Å².